The lowest BCUT2D eigenvalue weighted by Gasteiger charge is -2.15. The van der Waals surface area contributed by atoms with E-state index < -0.39 is 0 Å². The molecule has 18 heterocycles. The number of para-hydroxylation sites is 6. The van der Waals surface area contributed by atoms with Gasteiger partial charge in [-0.3, -0.25) is 34.6 Å². The predicted molar refractivity (Wildman–Crippen MR) is 478 cm³/mol. The van der Waals surface area contributed by atoms with Crippen LogP contribution in [0.15, 0.2) is 439 Å². The first kappa shape index (κ1) is 80.5. The Hall–Kier alpha value is -17.1. The van der Waals surface area contributed by atoms with Crippen molar-refractivity contribution >= 4 is 110 Å². The molecular formula is C96H81N23O2. The topological polar surface area (TPSA) is 297 Å². The highest BCUT2D eigenvalue weighted by atomic mass is 16.5. The number of imidazole rings is 5. The third-order valence-electron chi connectivity index (χ3n) is 17.9. The Bertz CT molecular complexity index is 5640. The van der Waals surface area contributed by atoms with Gasteiger partial charge in [0.1, 0.15) is 29.6 Å². The van der Waals surface area contributed by atoms with E-state index in [2.05, 4.69) is 181 Å². The highest BCUT2D eigenvalue weighted by molar-refractivity contribution is 5.83. The fourth-order valence-electron chi connectivity index (χ4n) is 11.9. The number of pyridine rings is 6. The lowest BCUT2D eigenvalue weighted by atomic mass is 10.1. The van der Waals surface area contributed by atoms with E-state index in [1.807, 2.05) is 275 Å². The molecule has 0 fully saturated rings. The molecule has 0 unspecified atom stereocenters. The summed E-state index contributed by atoms with van der Waals surface area (Å²) in [5.41, 5.74) is 13.3. The summed E-state index contributed by atoms with van der Waals surface area (Å²) in [5, 5.41) is 37.1. The van der Waals surface area contributed by atoms with Crippen molar-refractivity contribution < 1.29 is 9.26 Å². The quantitative estimate of drug-likeness (QED) is 0.110. The van der Waals surface area contributed by atoms with Crippen molar-refractivity contribution in [3.63, 3.8) is 0 Å². The zero-order chi connectivity index (χ0) is 82.2. The van der Waals surface area contributed by atoms with Crippen LogP contribution >= 0.6 is 0 Å². The summed E-state index contributed by atoms with van der Waals surface area (Å²) in [5.74, 6) is 1.08. The summed E-state index contributed by atoms with van der Waals surface area (Å²) in [6.07, 6.45) is 43.5. The van der Waals surface area contributed by atoms with Gasteiger partial charge in [-0.05, 0) is 161 Å². The zero-order valence-corrected chi connectivity index (χ0v) is 65.4. The molecule has 1 aliphatic heterocycles. The minimum absolute atomic E-state index is 0.845. The van der Waals surface area contributed by atoms with Gasteiger partial charge in [0.2, 0.25) is 0 Å². The molecule has 1 aliphatic rings. The van der Waals surface area contributed by atoms with Crippen molar-refractivity contribution in [2.75, 3.05) is 6.61 Å². The molecule has 121 heavy (non-hydrogen) atoms. The maximum atomic E-state index is 5.42. The maximum absolute atomic E-state index is 5.42. The number of H-pyrrole nitrogens is 4. The van der Waals surface area contributed by atoms with Gasteiger partial charge in [0, 0.05) is 102 Å². The molecule has 0 saturated heterocycles. The minimum Gasteiger partial charge on any atom is -0.493 e. The van der Waals surface area contributed by atoms with Crippen LogP contribution < -0.4 is 4.74 Å². The van der Waals surface area contributed by atoms with Crippen LogP contribution in [0.2, 0.25) is 0 Å². The fraction of sp³-hybridized carbons (Fsp3) is 0.0312. The number of hydrogen-bond donors (Lipinski definition) is 4. The number of fused-ring (bicyclic) bond motifs is 13. The Morgan fingerprint density at radius 2 is 0.868 bits per heavy atom. The van der Waals surface area contributed by atoms with Gasteiger partial charge in [-0.15, -0.1) is 0 Å². The summed E-state index contributed by atoms with van der Waals surface area (Å²) in [6.45, 7) is 0.886. The Kier molecular flexibility index (Phi) is 29.3. The standard InChI is InChI=1S/C10H8.2C9H7N.C9H10O.4C7H6N2.C7H5NO.4C6H5N3/c1-2-6-10-8-4-3-7-9(10)5-1;1-2-6-9-8(4-1)5-3-7-10-9;1-2-4-9-7-10-6-5-8(9)3-1;1-2-6-9-8(4-1)5-3-7-10-9;1-2-5-9-6-4-8-7(9)3-1;1-2-4-9-6-8-5-7(9)3-1;1-2-4-7-6(3-1)8-5-9-7;2*1-2-4-7-6(3-1)5-8-9-7;1-2-7-4-9-5-8-3-6(1)9;1-2-6-7-4-5-9(6)8-3-1;1-2-5-6(7-3-1)4-8-9-5;1-2-5-4-8-9-6(5)7-3-1/h1-8H;2*1-7H;1-2,4,6H,3,5,7H2;2*1-6H;2*1-5H,(H,8,9);3*1-5H;1-4H,(H,8,9);1-4H,(H,7,8,9). The van der Waals surface area contributed by atoms with Gasteiger partial charge in [0.05, 0.1) is 95.1 Å². The van der Waals surface area contributed by atoms with Crippen molar-refractivity contribution in [3.8, 4) is 5.75 Å². The first-order valence-electron chi connectivity index (χ1n) is 38.5. The molecular weight excluding hydrogens is 1510 g/mol. The second-order valence-electron chi connectivity index (χ2n) is 26.1. The van der Waals surface area contributed by atoms with Gasteiger partial charge < -0.3 is 23.0 Å². The van der Waals surface area contributed by atoms with E-state index in [-0.39, 0.29) is 0 Å². The normalized spacial score (nSPS) is 10.6. The smallest absolute Gasteiger partial charge is 0.166 e. The van der Waals surface area contributed by atoms with Crippen LogP contribution in [0.3, 0.4) is 0 Å². The number of nitrogens with one attached hydrogen (secondary N) is 4. The van der Waals surface area contributed by atoms with Crippen LogP contribution in [-0.4, -0.2) is 120 Å². The molecule has 0 atom stereocenters. The second-order valence-corrected chi connectivity index (χ2v) is 26.1. The summed E-state index contributed by atoms with van der Waals surface area (Å²) in [6, 6.07) is 96.2. The predicted octanol–water partition coefficient (Wildman–Crippen LogP) is 20.3. The van der Waals surface area contributed by atoms with Crippen molar-refractivity contribution in [2.24, 2.45) is 0 Å². The number of ether oxygens (including phenoxy) is 1. The number of benzene rings is 8. The molecule has 0 aliphatic carbocycles. The average Bonchev–Trinajstić information content (AvgIpc) is 1.72. The van der Waals surface area contributed by atoms with E-state index in [1.165, 1.54) is 38.9 Å². The molecule has 0 radical (unpaired) electrons. The lowest BCUT2D eigenvalue weighted by Crippen LogP contribution is -2.07. The minimum atomic E-state index is 0.845. The van der Waals surface area contributed by atoms with Crippen LogP contribution in [0.5, 0.6) is 5.75 Å². The summed E-state index contributed by atoms with van der Waals surface area (Å²) in [7, 11) is 0. The second kappa shape index (κ2) is 44.0. The average molecular weight is 1590 g/mol. The van der Waals surface area contributed by atoms with E-state index in [0.717, 1.165) is 102 Å². The number of hydrogen-bond acceptors (Lipinski definition) is 17. The fourth-order valence-corrected chi connectivity index (χ4v) is 11.9. The highest BCUT2D eigenvalue weighted by Crippen LogP contribution is 2.23. The molecule has 26 rings (SSSR count). The lowest BCUT2D eigenvalue weighted by molar-refractivity contribution is 0.288. The summed E-state index contributed by atoms with van der Waals surface area (Å²) in [4.78, 5) is 43.2. The van der Waals surface area contributed by atoms with Crippen LogP contribution in [0.25, 0.3) is 110 Å². The van der Waals surface area contributed by atoms with Gasteiger partial charge in [-0.1, -0.05) is 175 Å². The first-order chi connectivity index (χ1) is 60.1. The Balaban J connectivity index is 0.000000107. The largest absolute Gasteiger partial charge is 0.493 e. The number of aromatic amines is 4. The van der Waals surface area contributed by atoms with Crippen LogP contribution in [-0.2, 0) is 6.42 Å². The van der Waals surface area contributed by atoms with Crippen molar-refractivity contribution in [1.29, 1.82) is 0 Å². The van der Waals surface area contributed by atoms with Crippen molar-refractivity contribution in [2.45, 2.75) is 12.8 Å². The van der Waals surface area contributed by atoms with E-state index >= 15 is 0 Å². The van der Waals surface area contributed by atoms with E-state index in [1.54, 1.807) is 91.8 Å². The van der Waals surface area contributed by atoms with Gasteiger partial charge in [0.25, 0.3) is 0 Å². The molecule has 4 N–H and O–H groups in total. The highest BCUT2D eigenvalue weighted by Gasteiger charge is 2.07. The Morgan fingerprint density at radius 3 is 1.60 bits per heavy atom. The molecule has 0 spiro atoms. The van der Waals surface area contributed by atoms with E-state index in [9.17, 15) is 0 Å². The monoisotopic (exact) mass is 1590 g/mol. The SMILES string of the molecule is c1cc2cncn2cn1.c1ccc2[nH]cnc2c1.c1ccc2[nH]ncc2c1.c1ccc2c(c1)CCCO2.c1ccc2ccccc2c1.c1ccc2cnccc2c1.c1ccc2ncccc2c1.c1ccc2oncc2c1.c1ccn2ccnc2c1.c1ccn2cncc2c1.c1cnc2[nH]ncc2c1.c1cnc2cn[nH]c2c1.c1cnn2ccnc2c1. The van der Waals surface area contributed by atoms with E-state index in [0.29, 0.717) is 0 Å². The molecule has 0 amide bonds. The first-order valence-corrected chi connectivity index (χ1v) is 38.5. The van der Waals surface area contributed by atoms with Crippen molar-refractivity contribution in [3.05, 3.63) is 440 Å². The molecule has 25 nitrogen and oxygen atoms in total. The molecule has 0 saturated carbocycles. The van der Waals surface area contributed by atoms with Gasteiger partial charge in [-0.2, -0.15) is 20.4 Å². The number of rotatable bonds is 0. The van der Waals surface area contributed by atoms with Gasteiger partial charge in [0.15, 0.2) is 16.9 Å². The van der Waals surface area contributed by atoms with Crippen molar-refractivity contribution in [1.82, 2.24) is 113 Å². The third kappa shape index (κ3) is 24.2. The van der Waals surface area contributed by atoms with Crippen LogP contribution in [0.1, 0.15) is 12.0 Å². The zero-order valence-electron chi connectivity index (χ0n) is 65.4. The van der Waals surface area contributed by atoms with Crippen LogP contribution in [0.4, 0.5) is 0 Å². The molecule has 25 heteroatoms. The number of nitrogens with zero attached hydrogens (tertiary/aromatic N) is 19. The molecule has 0 bridgehead atoms. The molecule has 592 valence electrons. The Labute approximate surface area is 693 Å². The van der Waals surface area contributed by atoms with E-state index in [4.69, 9.17) is 9.26 Å². The summed E-state index contributed by atoms with van der Waals surface area (Å²) >= 11 is 0. The Morgan fingerprint density at radius 1 is 0.306 bits per heavy atom. The number of aryl methyl sites for hydroxylation is 1. The maximum Gasteiger partial charge on any atom is 0.166 e. The summed E-state index contributed by atoms with van der Waals surface area (Å²) < 4.78 is 17.8. The third-order valence-corrected chi connectivity index (χ3v) is 17.9. The van der Waals surface area contributed by atoms with Crippen LogP contribution in [0, 0.1) is 0 Å². The molecule has 25 aromatic rings. The van der Waals surface area contributed by atoms with Gasteiger partial charge in [-0.25, -0.2) is 39.4 Å². The molecule has 8 aromatic carbocycles. The molecule has 17 aromatic heterocycles. The van der Waals surface area contributed by atoms with Gasteiger partial charge >= 0.3 is 0 Å². The number of aromatic nitrogens is 23.